The fourth-order valence-electron chi connectivity index (χ4n) is 8.06. The molecule has 0 amide bonds. The second kappa shape index (κ2) is 10.0. The molecule has 4 aromatic heterocycles. The summed E-state index contributed by atoms with van der Waals surface area (Å²) in [6, 6.07) is 44.9. The van der Waals surface area contributed by atoms with Gasteiger partial charge in [0, 0.05) is 35.9 Å². The Morgan fingerprint density at radius 3 is 1.16 bits per heavy atom. The molecule has 0 saturated heterocycles. The summed E-state index contributed by atoms with van der Waals surface area (Å²) in [6.45, 7) is 4.22. The number of pyridine rings is 2. The summed E-state index contributed by atoms with van der Waals surface area (Å²) in [5.41, 5.74) is 8.61. The Bertz CT molecular complexity index is 3020. The maximum atomic E-state index is 4.89. The molecule has 11 rings (SSSR count). The molecule has 0 unspecified atom stereocenters. The maximum Gasteiger partial charge on any atom is 0.137 e. The van der Waals surface area contributed by atoms with Crippen LogP contribution in [0.15, 0.2) is 146 Å². The molecule has 234 valence electrons. The highest BCUT2D eigenvalue weighted by molar-refractivity contribution is 6.23. The van der Waals surface area contributed by atoms with Gasteiger partial charge in [0.15, 0.2) is 0 Å². The van der Waals surface area contributed by atoms with Crippen molar-refractivity contribution in [1.29, 1.82) is 0 Å². The van der Waals surface area contributed by atoms with Crippen LogP contribution in [0.1, 0.15) is 11.1 Å². The van der Waals surface area contributed by atoms with Crippen molar-refractivity contribution in [3.63, 3.8) is 0 Å². The lowest BCUT2D eigenvalue weighted by Crippen LogP contribution is -1.85. The van der Waals surface area contributed by atoms with Crippen LogP contribution in [0.5, 0.6) is 0 Å². The SMILES string of the molecule is Cc1ccc2nc(-c3ccc4c(ccc5c6cc7ccc8c9ccc(-c%10cn%11cc(C)ccc%11n%10)cc9ccc8c7cc6ccc45)c3)cn2c1. The molecule has 0 saturated carbocycles. The number of nitrogens with zero attached hydrogens (tertiary/aromatic N) is 4. The maximum absolute atomic E-state index is 4.89. The van der Waals surface area contributed by atoms with Gasteiger partial charge in [0.05, 0.1) is 11.4 Å². The smallest absolute Gasteiger partial charge is 0.137 e. The number of hydrogen-bond acceptors (Lipinski definition) is 2. The number of rotatable bonds is 2. The molecule has 0 spiro atoms. The number of aromatic nitrogens is 4. The Labute approximate surface area is 287 Å². The third-order valence-electron chi connectivity index (χ3n) is 10.6. The van der Waals surface area contributed by atoms with Gasteiger partial charge in [-0.05, 0) is 126 Å². The summed E-state index contributed by atoms with van der Waals surface area (Å²) in [5.74, 6) is 0. The van der Waals surface area contributed by atoms with Crippen LogP contribution in [0.3, 0.4) is 0 Å². The molecule has 11 aromatic rings. The number of aryl methyl sites for hydroxylation is 2. The summed E-state index contributed by atoms with van der Waals surface area (Å²) in [4.78, 5) is 9.77. The lowest BCUT2D eigenvalue weighted by Gasteiger charge is -2.12. The highest BCUT2D eigenvalue weighted by atomic mass is 15.0. The summed E-state index contributed by atoms with van der Waals surface area (Å²) in [5, 5.41) is 15.1. The molecule has 0 N–H and O–H groups in total. The summed E-state index contributed by atoms with van der Waals surface area (Å²) >= 11 is 0. The van der Waals surface area contributed by atoms with Crippen molar-refractivity contribution in [1.82, 2.24) is 18.8 Å². The van der Waals surface area contributed by atoms with E-state index < -0.39 is 0 Å². The van der Waals surface area contributed by atoms with E-state index in [2.05, 4.69) is 169 Å². The molecule has 50 heavy (non-hydrogen) atoms. The normalized spacial score (nSPS) is 12.2. The molecule has 4 heteroatoms. The monoisotopic (exact) mass is 638 g/mol. The molecule has 4 heterocycles. The Morgan fingerprint density at radius 2 is 0.720 bits per heavy atom. The second-order valence-corrected chi connectivity index (χ2v) is 13.8. The van der Waals surface area contributed by atoms with E-state index in [4.69, 9.17) is 9.97 Å². The first kappa shape index (κ1) is 27.4. The molecule has 0 bridgehead atoms. The molecular weight excluding hydrogens is 609 g/mol. The van der Waals surface area contributed by atoms with E-state index >= 15 is 0 Å². The Kier molecular flexibility index (Phi) is 5.49. The third-order valence-corrected chi connectivity index (χ3v) is 10.6. The minimum atomic E-state index is 0.965. The second-order valence-electron chi connectivity index (χ2n) is 13.8. The van der Waals surface area contributed by atoms with Crippen LogP contribution in [0.4, 0.5) is 0 Å². The van der Waals surface area contributed by atoms with E-state index in [0.29, 0.717) is 0 Å². The number of hydrogen-bond donors (Lipinski definition) is 0. The van der Waals surface area contributed by atoms with Gasteiger partial charge in [-0.2, -0.15) is 0 Å². The van der Waals surface area contributed by atoms with Crippen molar-refractivity contribution in [3.05, 3.63) is 157 Å². The fourth-order valence-corrected chi connectivity index (χ4v) is 8.06. The average Bonchev–Trinajstić information content (AvgIpc) is 3.77. The van der Waals surface area contributed by atoms with Crippen molar-refractivity contribution in [2.75, 3.05) is 0 Å². The van der Waals surface area contributed by atoms with Gasteiger partial charge in [0.1, 0.15) is 11.3 Å². The largest absolute Gasteiger partial charge is 0.306 e. The van der Waals surface area contributed by atoms with E-state index in [1.165, 1.54) is 75.8 Å². The first-order valence-corrected chi connectivity index (χ1v) is 17.1. The van der Waals surface area contributed by atoms with Crippen molar-refractivity contribution in [2.24, 2.45) is 0 Å². The predicted octanol–water partition coefficient (Wildman–Crippen LogP) is 11.9. The molecule has 0 aliphatic heterocycles. The lowest BCUT2D eigenvalue weighted by atomic mass is 9.91. The number of imidazole rings is 2. The van der Waals surface area contributed by atoms with E-state index in [0.717, 1.165) is 33.8 Å². The Balaban J connectivity index is 1.02. The van der Waals surface area contributed by atoms with Crippen LogP contribution in [-0.4, -0.2) is 18.8 Å². The highest BCUT2D eigenvalue weighted by Crippen LogP contribution is 2.38. The first-order chi connectivity index (χ1) is 24.5. The number of fused-ring (bicyclic) bond motifs is 12. The van der Waals surface area contributed by atoms with Gasteiger partial charge in [-0.1, -0.05) is 84.9 Å². The minimum absolute atomic E-state index is 0.965. The van der Waals surface area contributed by atoms with E-state index in [1.807, 2.05) is 0 Å². The van der Waals surface area contributed by atoms with E-state index in [9.17, 15) is 0 Å². The molecule has 4 nitrogen and oxygen atoms in total. The Hall–Kier alpha value is -6.52. The zero-order valence-electron chi connectivity index (χ0n) is 27.6. The van der Waals surface area contributed by atoms with Gasteiger partial charge < -0.3 is 8.80 Å². The summed E-state index contributed by atoms with van der Waals surface area (Å²) < 4.78 is 4.22. The Morgan fingerprint density at radius 1 is 0.340 bits per heavy atom. The first-order valence-electron chi connectivity index (χ1n) is 17.1. The molecule has 0 aliphatic rings. The van der Waals surface area contributed by atoms with Crippen LogP contribution in [0.2, 0.25) is 0 Å². The quantitative estimate of drug-likeness (QED) is 0.139. The van der Waals surface area contributed by atoms with E-state index in [1.54, 1.807) is 0 Å². The number of benzene rings is 7. The average molecular weight is 639 g/mol. The molecule has 0 atom stereocenters. The summed E-state index contributed by atoms with van der Waals surface area (Å²) in [7, 11) is 0. The zero-order chi connectivity index (χ0) is 33.1. The van der Waals surface area contributed by atoms with Crippen molar-refractivity contribution < 1.29 is 0 Å². The molecule has 0 radical (unpaired) electrons. The van der Waals surface area contributed by atoms with Gasteiger partial charge in [-0.25, -0.2) is 9.97 Å². The van der Waals surface area contributed by atoms with Crippen molar-refractivity contribution in [3.8, 4) is 22.5 Å². The summed E-state index contributed by atoms with van der Waals surface area (Å²) in [6.07, 6.45) is 8.49. The standard InChI is InChI=1S/C46H30N4/c1-27-3-17-45-47-43(25-49(45)23-27)33-9-11-35-29(19-33)5-15-39-37(35)13-7-31-22-42-32(21-41(31)39)8-14-38-36-12-10-34(20-30(36)6-16-40(38)42)44-26-50-24-28(2)4-18-46(50)48-44/h3-26H,1-2H3. The van der Waals surface area contributed by atoms with Gasteiger partial charge in [-0.15, -0.1) is 0 Å². The van der Waals surface area contributed by atoms with Crippen LogP contribution in [0, 0.1) is 13.8 Å². The molecule has 7 aromatic carbocycles. The molecule has 0 fully saturated rings. The van der Waals surface area contributed by atoms with Crippen LogP contribution < -0.4 is 0 Å². The molecule has 0 aliphatic carbocycles. The fraction of sp³-hybridized carbons (Fsp3) is 0.0435. The van der Waals surface area contributed by atoms with Gasteiger partial charge in [0.2, 0.25) is 0 Å². The van der Waals surface area contributed by atoms with Crippen LogP contribution in [0.25, 0.3) is 98.4 Å². The van der Waals surface area contributed by atoms with Gasteiger partial charge in [-0.3, -0.25) is 0 Å². The topological polar surface area (TPSA) is 34.6 Å². The third kappa shape index (κ3) is 4.05. The minimum Gasteiger partial charge on any atom is -0.306 e. The zero-order valence-corrected chi connectivity index (χ0v) is 27.6. The van der Waals surface area contributed by atoms with Gasteiger partial charge in [0.25, 0.3) is 0 Å². The predicted molar refractivity (Wildman–Crippen MR) is 209 cm³/mol. The highest BCUT2D eigenvalue weighted by Gasteiger charge is 2.13. The van der Waals surface area contributed by atoms with Crippen molar-refractivity contribution >= 4 is 75.9 Å². The van der Waals surface area contributed by atoms with Crippen LogP contribution in [-0.2, 0) is 0 Å². The molecular formula is C46H30N4. The lowest BCUT2D eigenvalue weighted by molar-refractivity contribution is 1.16. The van der Waals surface area contributed by atoms with E-state index in [-0.39, 0.29) is 0 Å². The van der Waals surface area contributed by atoms with Gasteiger partial charge >= 0.3 is 0 Å². The van der Waals surface area contributed by atoms with Crippen molar-refractivity contribution in [2.45, 2.75) is 13.8 Å². The van der Waals surface area contributed by atoms with Crippen LogP contribution >= 0.6 is 0 Å².